The number of ether oxygens (including phenoxy) is 3. The van der Waals surface area contributed by atoms with Crippen LogP contribution in [0.5, 0.6) is 11.6 Å². The summed E-state index contributed by atoms with van der Waals surface area (Å²) in [5.74, 6) is 1.01. The third-order valence-corrected chi connectivity index (χ3v) is 9.07. The molecule has 0 amide bonds. The summed E-state index contributed by atoms with van der Waals surface area (Å²) >= 11 is 0. The minimum absolute atomic E-state index is 0.0594. The van der Waals surface area contributed by atoms with Crippen LogP contribution >= 0.6 is 0 Å². The van der Waals surface area contributed by atoms with Crippen LogP contribution in [-0.4, -0.2) is 89.4 Å². The Bertz CT molecular complexity index is 1360. The van der Waals surface area contributed by atoms with Crippen molar-refractivity contribution in [3.8, 4) is 22.9 Å². The normalized spacial score (nSPS) is 19.7. The van der Waals surface area contributed by atoms with Gasteiger partial charge in [0.15, 0.2) is 11.6 Å². The van der Waals surface area contributed by atoms with Crippen LogP contribution in [0.25, 0.3) is 11.3 Å². The van der Waals surface area contributed by atoms with E-state index >= 15 is 0 Å². The number of nitrogen functional groups attached to an aromatic ring is 1. The minimum Gasteiger partial charge on any atom is -0.433 e. The Morgan fingerprint density at radius 1 is 1.11 bits per heavy atom. The monoisotopic (exact) mass is 607 g/mol. The first-order valence-electron chi connectivity index (χ1n) is 16.1. The highest BCUT2D eigenvalue weighted by Gasteiger charge is 2.30. The number of methoxy groups -OCH3 is 1. The Kier molecular flexibility index (Phi) is 10.7. The molecule has 0 radical (unpaired) electrons. The fourth-order valence-corrected chi connectivity index (χ4v) is 6.25. The van der Waals surface area contributed by atoms with E-state index < -0.39 is 5.60 Å². The van der Waals surface area contributed by atoms with Gasteiger partial charge in [0.2, 0.25) is 0 Å². The lowest BCUT2D eigenvalue weighted by Crippen LogP contribution is -2.48. The van der Waals surface area contributed by atoms with Gasteiger partial charge in [0, 0.05) is 24.9 Å². The van der Waals surface area contributed by atoms with Gasteiger partial charge in [-0.25, -0.2) is 9.97 Å². The zero-order valence-corrected chi connectivity index (χ0v) is 26.7. The molecular formula is C33H49N7O4. The van der Waals surface area contributed by atoms with E-state index in [9.17, 15) is 5.11 Å². The molecule has 0 aliphatic carbocycles. The average molecular weight is 608 g/mol. The van der Waals surface area contributed by atoms with E-state index in [2.05, 4.69) is 46.0 Å². The minimum atomic E-state index is -0.966. The van der Waals surface area contributed by atoms with Crippen LogP contribution in [0.1, 0.15) is 70.4 Å². The topological polar surface area (TPSA) is 124 Å². The molecule has 1 unspecified atom stereocenters. The lowest BCUT2D eigenvalue weighted by Gasteiger charge is -2.38. The highest BCUT2D eigenvalue weighted by molar-refractivity contribution is 5.69. The van der Waals surface area contributed by atoms with Gasteiger partial charge in [0.05, 0.1) is 61.8 Å². The van der Waals surface area contributed by atoms with Gasteiger partial charge in [-0.15, -0.1) is 0 Å². The molecule has 2 aromatic heterocycles. The summed E-state index contributed by atoms with van der Waals surface area (Å²) < 4.78 is 19.5. The number of unbranched alkanes of at least 4 members (excludes halogenated alkanes) is 2. The molecule has 5 rings (SSSR count). The molecule has 2 atom stereocenters. The number of morpholine rings is 1. The van der Waals surface area contributed by atoms with Crippen molar-refractivity contribution >= 4 is 11.5 Å². The first-order chi connectivity index (χ1) is 21.3. The quantitative estimate of drug-likeness (QED) is 0.256. The van der Waals surface area contributed by atoms with Crippen molar-refractivity contribution in [2.75, 3.05) is 64.2 Å². The summed E-state index contributed by atoms with van der Waals surface area (Å²) in [5, 5.41) is 16.5. The second-order valence-corrected chi connectivity index (χ2v) is 12.2. The van der Waals surface area contributed by atoms with Crippen molar-refractivity contribution < 1.29 is 19.3 Å². The zero-order valence-electron chi connectivity index (χ0n) is 26.7. The van der Waals surface area contributed by atoms with Crippen molar-refractivity contribution in [1.29, 1.82) is 0 Å². The predicted molar refractivity (Wildman–Crippen MR) is 172 cm³/mol. The summed E-state index contributed by atoms with van der Waals surface area (Å²) in [7, 11) is 3.86. The molecule has 3 N–H and O–H groups in total. The van der Waals surface area contributed by atoms with Crippen molar-refractivity contribution in [3.05, 3.63) is 42.4 Å². The second-order valence-electron chi connectivity index (χ2n) is 12.2. The Morgan fingerprint density at radius 2 is 1.93 bits per heavy atom. The molecular weight excluding hydrogens is 558 g/mol. The molecule has 0 spiro atoms. The summed E-state index contributed by atoms with van der Waals surface area (Å²) in [6.45, 7) is 8.78. The van der Waals surface area contributed by atoms with Gasteiger partial charge in [-0.2, -0.15) is 5.10 Å². The number of aliphatic hydroxyl groups is 1. The molecule has 11 heteroatoms. The van der Waals surface area contributed by atoms with Crippen LogP contribution in [0.4, 0.5) is 11.5 Å². The van der Waals surface area contributed by atoms with Crippen LogP contribution in [0.3, 0.4) is 0 Å². The molecule has 2 fully saturated rings. The summed E-state index contributed by atoms with van der Waals surface area (Å²) in [6, 6.07) is 6.65. The van der Waals surface area contributed by atoms with Crippen LogP contribution in [0.15, 0.2) is 36.8 Å². The van der Waals surface area contributed by atoms with Gasteiger partial charge in [-0.1, -0.05) is 33.1 Å². The van der Waals surface area contributed by atoms with Crippen LogP contribution < -0.4 is 15.4 Å². The molecule has 0 saturated carbocycles. The number of hydrogen-bond acceptors (Lipinski definition) is 10. The maximum absolute atomic E-state index is 11.9. The lowest BCUT2D eigenvalue weighted by atomic mass is 9.84. The third kappa shape index (κ3) is 7.51. The van der Waals surface area contributed by atoms with E-state index in [4.69, 9.17) is 24.9 Å². The van der Waals surface area contributed by atoms with Gasteiger partial charge in [-0.05, 0) is 69.6 Å². The average Bonchev–Trinajstić information content (AvgIpc) is 3.51. The van der Waals surface area contributed by atoms with Gasteiger partial charge in [0.1, 0.15) is 0 Å². The highest BCUT2D eigenvalue weighted by Crippen LogP contribution is 2.38. The SMILES string of the molecule is CCCCC[C@](O)(CC)c1cc(-c2cnc(N)c(Oc3cnn(C4CCN(C)CC4)c3)n2)cc(N2CCOCC2COC)c1. The zero-order chi connectivity index (χ0) is 31.1. The van der Waals surface area contributed by atoms with Crippen molar-refractivity contribution in [3.63, 3.8) is 0 Å². The first-order valence-corrected chi connectivity index (χ1v) is 16.1. The molecule has 2 saturated heterocycles. The molecule has 0 bridgehead atoms. The number of hydrogen-bond donors (Lipinski definition) is 2. The van der Waals surface area contributed by atoms with E-state index in [0.717, 1.165) is 68.6 Å². The first kappa shape index (κ1) is 32.2. The Hall–Kier alpha value is -3.25. The number of likely N-dealkylation sites (tertiary alicyclic amines) is 1. The van der Waals surface area contributed by atoms with Crippen molar-refractivity contribution in [2.45, 2.75) is 76.5 Å². The van der Waals surface area contributed by atoms with Gasteiger partial charge in [-0.3, -0.25) is 4.68 Å². The van der Waals surface area contributed by atoms with Gasteiger partial charge < -0.3 is 34.9 Å². The number of aromatic nitrogens is 4. The molecule has 3 aromatic rings. The molecule has 2 aliphatic rings. The predicted octanol–water partition coefficient (Wildman–Crippen LogP) is 5.01. The number of rotatable bonds is 13. The summed E-state index contributed by atoms with van der Waals surface area (Å²) in [6.07, 6.45) is 11.8. The molecule has 11 nitrogen and oxygen atoms in total. The molecule has 44 heavy (non-hydrogen) atoms. The fourth-order valence-electron chi connectivity index (χ4n) is 6.25. The van der Waals surface area contributed by atoms with E-state index in [0.29, 0.717) is 50.1 Å². The number of nitrogens with two attached hydrogens (primary N) is 1. The van der Waals surface area contributed by atoms with E-state index in [1.165, 1.54) is 0 Å². The number of anilines is 2. The Labute approximate surface area is 261 Å². The molecule has 240 valence electrons. The van der Waals surface area contributed by atoms with Gasteiger partial charge >= 0.3 is 0 Å². The van der Waals surface area contributed by atoms with Crippen LogP contribution in [0, 0.1) is 0 Å². The number of nitrogens with zero attached hydrogens (tertiary/aromatic N) is 6. The Morgan fingerprint density at radius 3 is 2.68 bits per heavy atom. The molecule has 4 heterocycles. The van der Waals surface area contributed by atoms with Crippen molar-refractivity contribution in [2.24, 2.45) is 0 Å². The summed E-state index contributed by atoms with van der Waals surface area (Å²) in [5.41, 5.74) is 8.60. The standard InChI is InChI=1S/C33H49N7O4/c1-5-7-8-11-33(41,6-2)25-16-24(17-27(18-25)39-14-15-43-23-28(39)22-42-4)30-20-35-31(34)32(37-30)44-29-19-36-40(21-29)26-9-12-38(3)13-10-26/h16-21,26,28,41H,5-15,22-23H2,1-4H3,(H2,34,35)/t28?,33-/m1/s1. The van der Waals surface area contributed by atoms with Crippen molar-refractivity contribution in [1.82, 2.24) is 24.6 Å². The third-order valence-electron chi connectivity index (χ3n) is 9.07. The Balaban J connectivity index is 1.48. The molecule has 1 aromatic carbocycles. The largest absolute Gasteiger partial charge is 0.433 e. The number of benzene rings is 1. The second kappa shape index (κ2) is 14.7. The van der Waals surface area contributed by atoms with Crippen LogP contribution in [0.2, 0.25) is 0 Å². The highest BCUT2D eigenvalue weighted by atomic mass is 16.5. The fraction of sp³-hybridized carbons (Fsp3) is 0.606. The maximum atomic E-state index is 11.9. The molecule has 2 aliphatic heterocycles. The van der Waals surface area contributed by atoms with Crippen LogP contribution in [-0.2, 0) is 15.1 Å². The van der Waals surface area contributed by atoms with E-state index in [1.807, 2.05) is 23.9 Å². The van der Waals surface area contributed by atoms with E-state index in [1.54, 1.807) is 19.5 Å². The number of piperidine rings is 1. The lowest BCUT2D eigenvalue weighted by molar-refractivity contribution is 0.0208. The smallest absolute Gasteiger partial charge is 0.263 e. The van der Waals surface area contributed by atoms with E-state index in [-0.39, 0.29) is 17.7 Å². The summed E-state index contributed by atoms with van der Waals surface area (Å²) in [4.78, 5) is 13.9. The van der Waals surface area contributed by atoms with Gasteiger partial charge in [0.25, 0.3) is 5.88 Å². The maximum Gasteiger partial charge on any atom is 0.263 e.